The van der Waals surface area contributed by atoms with E-state index in [1.165, 1.54) is 6.92 Å². The number of amidine groups is 1. The van der Waals surface area contributed by atoms with Gasteiger partial charge in [-0.05, 0) is 29.2 Å². The molecule has 186 valence electrons. The minimum atomic E-state index is -0.751. The maximum atomic E-state index is 12.9. The van der Waals surface area contributed by atoms with Crippen LogP contribution in [0.3, 0.4) is 0 Å². The number of carbonyl (C=O) groups is 2. The number of fused-ring (bicyclic) bond motifs is 1. The second-order valence-electron chi connectivity index (χ2n) is 10.3. The molecule has 1 aromatic heterocycles. The van der Waals surface area contributed by atoms with Crippen LogP contribution in [-0.4, -0.2) is 61.8 Å². The zero-order valence-corrected chi connectivity index (χ0v) is 20.4. The highest BCUT2D eigenvalue weighted by atomic mass is 16.7. The number of benzene rings is 1. The Balaban J connectivity index is 1.32. The summed E-state index contributed by atoms with van der Waals surface area (Å²) in [6.45, 7) is 10.7. The number of ether oxygens (including phenoxy) is 1. The molecule has 3 aliphatic rings. The Morgan fingerprint density at radius 1 is 1.26 bits per heavy atom. The summed E-state index contributed by atoms with van der Waals surface area (Å²) in [6.07, 6.45) is 0.604. The lowest BCUT2D eigenvalue weighted by Gasteiger charge is -2.46. The molecule has 2 unspecified atom stereocenters. The first-order valence-electron chi connectivity index (χ1n) is 11.6. The molecular weight excluding hydrogens is 454 g/mol. The molecule has 0 bridgehead atoms. The molecule has 0 aliphatic carbocycles. The summed E-state index contributed by atoms with van der Waals surface area (Å²) >= 11 is 0. The van der Waals surface area contributed by atoms with Crippen molar-refractivity contribution in [3.8, 4) is 5.75 Å². The molecule has 0 saturated carbocycles. The van der Waals surface area contributed by atoms with E-state index in [-0.39, 0.29) is 23.1 Å². The third-order valence-electron chi connectivity index (χ3n) is 6.65. The highest BCUT2D eigenvalue weighted by molar-refractivity contribution is 5.99. The Morgan fingerprint density at radius 3 is 2.69 bits per heavy atom. The van der Waals surface area contributed by atoms with Crippen LogP contribution in [-0.2, 0) is 9.63 Å². The number of amides is 1. The number of nitrogens with one attached hydrogen (secondary N) is 1. The SMILES string of the molecule is CC(=O)On1nnc(C2ON=C(N3CCC4(CC3)NC(=O)c3c(C)cccc3O4)C2C(C)(C)C)n1. The van der Waals surface area contributed by atoms with Crippen molar-refractivity contribution in [3.63, 3.8) is 0 Å². The number of aryl methyl sites for hydroxylation is 1. The fraction of sp³-hybridized carbons (Fsp3) is 0.565. The van der Waals surface area contributed by atoms with Gasteiger partial charge >= 0.3 is 5.97 Å². The van der Waals surface area contributed by atoms with Gasteiger partial charge in [-0.3, -0.25) is 4.79 Å². The van der Waals surface area contributed by atoms with Crippen LogP contribution < -0.4 is 14.9 Å². The number of oxime groups is 1. The minimum absolute atomic E-state index is 0.103. The monoisotopic (exact) mass is 483 g/mol. The van der Waals surface area contributed by atoms with E-state index < -0.39 is 17.8 Å². The molecule has 1 N–H and O–H groups in total. The van der Waals surface area contributed by atoms with E-state index >= 15 is 0 Å². The predicted octanol–water partition coefficient (Wildman–Crippen LogP) is 1.62. The van der Waals surface area contributed by atoms with Crippen LogP contribution in [0.4, 0.5) is 0 Å². The van der Waals surface area contributed by atoms with Gasteiger partial charge in [0.15, 0.2) is 11.6 Å². The third kappa shape index (κ3) is 4.17. The highest BCUT2D eigenvalue weighted by Crippen LogP contribution is 2.44. The Hall–Kier alpha value is -3.70. The van der Waals surface area contributed by atoms with Crippen molar-refractivity contribution >= 4 is 17.7 Å². The van der Waals surface area contributed by atoms with E-state index in [4.69, 9.17) is 14.4 Å². The van der Waals surface area contributed by atoms with Gasteiger partial charge in [-0.1, -0.05) is 43.2 Å². The molecule has 3 aliphatic heterocycles. The first-order valence-corrected chi connectivity index (χ1v) is 11.6. The maximum Gasteiger partial charge on any atom is 0.333 e. The molecule has 12 nitrogen and oxygen atoms in total. The zero-order chi connectivity index (χ0) is 25.0. The van der Waals surface area contributed by atoms with Crippen molar-refractivity contribution in [1.29, 1.82) is 0 Å². The third-order valence-corrected chi connectivity index (χ3v) is 6.65. The van der Waals surface area contributed by atoms with E-state index in [9.17, 15) is 9.59 Å². The van der Waals surface area contributed by atoms with Crippen molar-refractivity contribution < 1.29 is 24.0 Å². The van der Waals surface area contributed by atoms with Gasteiger partial charge in [0.25, 0.3) is 5.91 Å². The van der Waals surface area contributed by atoms with Gasteiger partial charge < -0.3 is 24.6 Å². The van der Waals surface area contributed by atoms with Gasteiger partial charge in [0.1, 0.15) is 5.75 Å². The number of likely N-dealkylation sites (tertiary alicyclic amines) is 1. The number of tetrazole rings is 1. The zero-order valence-electron chi connectivity index (χ0n) is 20.4. The highest BCUT2D eigenvalue weighted by Gasteiger charge is 2.50. The summed E-state index contributed by atoms with van der Waals surface area (Å²) in [5.74, 6) is 0.875. The summed E-state index contributed by atoms with van der Waals surface area (Å²) in [7, 11) is 0. The lowest BCUT2D eigenvalue weighted by atomic mass is 9.76. The molecule has 35 heavy (non-hydrogen) atoms. The molecule has 4 heterocycles. The summed E-state index contributed by atoms with van der Waals surface area (Å²) < 4.78 is 6.34. The summed E-state index contributed by atoms with van der Waals surface area (Å²) in [5.41, 5.74) is 0.495. The molecule has 1 spiro atoms. The van der Waals surface area contributed by atoms with Crippen molar-refractivity contribution in [2.24, 2.45) is 16.5 Å². The van der Waals surface area contributed by atoms with Crippen LogP contribution in [0.25, 0.3) is 0 Å². The van der Waals surface area contributed by atoms with Gasteiger partial charge in [0.05, 0.1) is 11.5 Å². The number of hydrogen-bond acceptors (Lipinski definition) is 10. The first-order chi connectivity index (χ1) is 16.6. The lowest BCUT2D eigenvalue weighted by molar-refractivity contribution is -0.145. The van der Waals surface area contributed by atoms with E-state index in [0.717, 1.165) is 16.4 Å². The summed E-state index contributed by atoms with van der Waals surface area (Å²) in [6, 6.07) is 5.66. The van der Waals surface area contributed by atoms with Crippen LogP contribution in [0.5, 0.6) is 5.75 Å². The van der Waals surface area contributed by atoms with E-state index in [1.807, 2.05) is 25.1 Å². The molecule has 1 aromatic carbocycles. The molecule has 2 atom stereocenters. The Bertz CT molecular complexity index is 1190. The number of aromatic nitrogens is 4. The van der Waals surface area contributed by atoms with Crippen molar-refractivity contribution in [2.45, 2.75) is 59.3 Å². The van der Waals surface area contributed by atoms with Crippen LogP contribution in [0, 0.1) is 18.3 Å². The Labute approximate surface area is 202 Å². The van der Waals surface area contributed by atoms with E-state index in [0.29, 0.717) is 37.2 Å². The number of rotatable bonds is 2. The molecule has 5 rings (SSSR count). The molecule has 1 fully saturated rings. The topological polar surface area (TPSA) is 133 Å². The average molecular weight is 484 g/mol. The van der Waals surface area contributed by atoms with Crippen LogP contribution >= 0.6 is 0 Å². The number of carbonyl (C=O) groups excluding carboxylic acids is 2. The Kier molecular flexibility index (Phi) is 5.41. The van der Waals surface area contributed by atoms with Gasteiger partial charge in [-0.2, -0.15) is 0 Å². The lowest BCUT2D eigenvalue weighted by Crippen LogP contribution is -2.62. The number of nitrogens with zero attached hydrogens (tertiary/aromatic N) is 6. The van der Waals surface area contributed by atoms with Gasteiger partial charge in [-0.15, -0.1) is 5.10 Å². The predicted molar refractivity (Wildman–Crippen MR) is 122 cm³/mol. The molecule has 1 amide bonds. The van der Waals surface area contributed by atoms with Crippen molar-refractivity contribution in [3.05, 3.63) is 35.2 Å². The molecule has 2 aromatic rings. The molecule has 0 radical (unpaired) electrons. The molecule has 1 saturated heterocycles. The average Bonchev–Trinajstić information content (AvgIpc) is 3.40. The second-order valence-corrected chi connectivity index (χ2v) is 10.3. The van der Waals surface area contributed by atoms with Crippen LogP contribution in [0.1, 0.15) is 68.4 Å². The first kappa shape index (κ1) is 23.1. The standard InChI is InChI=1S/C23H29N7O5/c1-13-7-6-8-15-16(13)21(32)24-23(33-15)9-11-29(12-10-23)20-17(22(3,4)5)18(34-27-20)19-25-28-30(26-19)35-14(2)31/h6-8,17-18H,9-12H2,1-5H3,(H,24,32). The second kappa shape index (κ2) is 8.21. The van der Waals surface area contributed by atoms with Gasteiger partial charge in [0.2, 0.25) is 11.9 Å². The normalized spacial score (nSPS) is 23.2. The largest absolute Gasteiger partial charge is 0.467 e. The van der Waals surface area contributed by atoms with Crippen molar-refractivity contribution in [2.75, 3.05) is 13.1 Å². The summed E-state index contributed by atoms with van der Waals surface area (Å²) in [5, 5.41) is 19.5. The summed E-state index contributed by atoms with van der Waals surface area (Å²) in [4.78, 5) is 37.7. The number of hydrogen-bond donors (Lipinski definition) is 1. The smallest absolute Gasteiger partial charge is 0.333 e. The minimum Gasteiger partial charge on any atom is -0.467 e. The molecular formula is C23H29N7O5. The van der Waals surface area contributed by atoms with Crippen molar-refractivity contribution in [1.82, 2.24) is 30.6 Å². The quantitative estimate of drug-likeness (QED) is 0.633. The van der Waals surface area contributed by atoms with E-state index in [1.54, 1.807) is 0 Å². The Morgan fingerprint density at radius 2 is 2.00 bits per heavy atom. The molecule has 12 heteroatoms. The fourth-order valence-corrected chi connectivity index (χ4v) is 4.98. The van der Waals surface area contributed by atoms with Crippen LogP contribution in [0.2, 0.25) is 0 Å². The number of piperidine rings is 1. The maximum absolute atomic E-state index is 12.9. The fourth-order valence-electron chi connectivity index (χ4n) is 4.98. The van der Waals surface area contributed by atoms with E-state index in [2.05, 4.69) is 51.6 Å². The van der Waals surface area contributed by atoms with Gasteiger partial charge in [-0.25, -0.2) is 4.79 Å². The van der Waals surface area contributed by atoms with Crippen LogP contribution in [0.15, 0.2) is 23.4 Å². The van der Waals surface area contributed by atoms with Gasteiger partial charge in [0, 0.05) is 37.8 Å².